The van der Waals surface area contributed by atoms with Crippen molar-refractivity contribution >= 4 is 11.5 Å². The number of carbonyl (C=O) groups excluding carboxylic acids is 1. The van der Waals surface area contributed by atoms with Crippen molar-refractivity contribution in [2.45, 2.75) is 6.42 Å². The zero-order valence-corrected chi connectivity index (χ0v) is 6.66. The Hall–Kier alpha value is -1.35. The molecule has 0 amide bonds. The van der Waals surface area contributed by atoms with E-state index >= 15 is 0 Å². The van der Waals surface area contributed by atoms with Crippen molar-refractivity contribution in [1.29, 1.82) is 0 Å². The molecule has 12 heavy (non-hydrogen) atoms. The van der Waals surface area contributed by atoms with Crippen LogP contribution in [0.15, 0.2) is 24.3 Å². The first-order valence-corrected chi connectivity index (χ1v) is 3.93. The van der Waals surface area contributed by atoms with Crippen molar-refractivity contribution < 1.29 is 4.79 Å². The number of para-hydroxylation sites is 1. The summed E-state index contributed by atoms with van der Waals surface area (Å²) in [5.41, 5.74) is 1.58. The highest BCUT2D eigenvalue weighted by atomic mass is 16.1. The highest BCUT2D eigenvalue weighted by molar-refractivity contribution is 6.03. The molecule has 0 bridgehead atoms. The molecule has 0 unspecified atom stereocenters. The predicted octanol–water partition coefficient (Wildman–Crippen LogP) is 0.953. The minimum absolute atomic E-state index is 0.187. The number of anilines is 1. The number of rotatable bonds is 0. The van der Waals surface area contributed by atoms with E-state index in [1.165, 1.54) is 0 Å². The number of nitrogens with zero attached hydrogens (tertiary/aromatic N) is 1. The summed E-state index contributed by atoms with van der Waals surface area (Å²) in [5, 5.41) is 1.62. The number of fused-ring (bicyclic) bond motifs is 1. The molecule has 1 aromatic carbocycles. The van der Waals surface area contributed by atoms with E-state index in [2.05, 4.69) is 0 Å². The van der Waals surface area contributed by atoms with Crippen LogP contribution < -0.4 is 10.9 Å². The Morgan fingerprint density at radius 3 is 2.83 bits per heavy atom. The minimum atomic E-state index is 0.187. The maximum Gasteiger partial charge on any atom is 0.166 e. The molecule has 3 nitrogen and oxygen atoms in total. The maximum absolute atomic E-state index is 11.3. The monoisotopic (exact) mass is 162 g/mol. The van der Waals surface area contributed by atoms with Gasteiger partial charge in [-0.05, 0) is 12.1 Å². The zero-order valence-electron chi connectivity index (χ0n) is 6.66. The first-order valence-electron chi connectivity index (χ1n) is 3.93. The smallest absolute Gasteiger partial charge is 0.166 e. The Morgan fingerprint density at radius 1 is 1.33 bits per heavy atom. The highest BCUT2D eigenvalue weighted by Crippen LogP contribution is 2.23. The van der Waals surface area contributed by atoms with E-state index < -0.39 is 0 Å². The van der Waals surface area contributed by atoms with E-state index in [9.17, 15) is 4.79 Å². The molecule has 1 aliphatic rings. The van der Waals surface area contributed by atoms with E-state index in [-0.39, 0.29) is 5.78 Å². The van der Waals surface area contributed by atoms with Crippen LogP contribution in [-0.4, -0.2) is 12.3 Å². The molecule has 0 radical (unpaired) electrons. The summed E-state index contributed by atoms with van der Waals surface area (Å²) in [6.07, 6.45) is 0.521. The Bertz CT molecular complexity index is 322. The molecule has 1 aromatic rings. The van der Waals surface area contributed by atoms with Gasteiger partial charge in [-0.1, -0.05) is 12.1 Å². The van der Waals surface area contributed by atoms with E-state index in [0.29, 0.717) is 13.0 Å². The standard InChI is InChI=1S/C9H10N2O/c10-11-6-5-9(12)7-3-1-2-4-8(7)11/h1-4H,5-6,10H2. The second kappa shape index (κ2) is 2.60. The molecular formula is C9H10N2O. The van der Waals surface area contributed by atoms with Gasteiger partial charge in [0, 0.05) is 18.5 Å². The molecule has 3 heteroatoms. The normalized spacial score (nSPS) is 16.1. The summed E-state index contributed by atoms with van der Waals surface area (Å²) >= 11 is 0. The number of benzene rings is 1. The Kier molecular flexibility index (Phi) is 1.59. The third-order valence-electron chi connectivity index (χ3n) is 2.09. The summed E-state index contributed by atoms with van der Waals surface area (Å²) in [6.45, 7) is 0.621. The topological polar surface area (TPSA) is 46.3 Å². The highest BCUT2D eigenvalue weighted by Gasteiger charge is 2.19. The first kappa shape index (κ1) is 7.31. The molecule has 0 spiro atoms. The summed E-state index contributed by atoms with van der Waals surface area (Å²) in [6, 6.07) is 7.43. The SMILES string of the molecule is NN1CCC(=O)c2ccccc21. The average molecular weight is 162 g/mol. The summed E-state index contributed by atoms with van der Waals surface area (Å²) in [7, 11) is 0. The maximum atomic E-state index is 11.3. The summed E-state index contributed by atoms with van der Waals surface area (Å²) < 4.78 is 0. The number of hydrogen-bond acceptors (Lipinski definition) is 3. The molecular weight excluding hydrogens is 152 g/mol. The molecule has 1 heterocycles. The average Bonchev–Trinajstić information content (AvgIpc) is 2.12. The van der Waals surface area contributed by atoms with Crippen LogP contribution in [0.25, 0.3) is 0 Å². The van der Waals surface area contributed by atoms with E-state index in [4.69, 9.17) is 5.84 Å². The molecule has 0 fully saturated rings. The molecule has 0 saturated heterocycles. The van der Waals surface area contributed by atoms with Gasteiger partial charge in [-0.25, -0.2) is 5.84 Å². The largest absolute Gasteiger partial charge is 0.310 e. The lowest BCUT2D eigenvalue weighted by molar-refractivity contribution is 0.0980. The van der Waals surface area contributed by atoms with Crippen LogP contribution in [0.3, 0.4) is 0 Å². The number of ketones is 1. The Balaban J connectivity index is 2.55. The minimum Gasteiger partial charge on any atom is -0.310 e. The number of hydrazine groups is 1. The van der Waals surface area contributed by atoms with Crippen molar-refractivity contribution in [2.75, 3.05) is 11.6 Å². The van der Waals surface area contributed by atoms with E-state index in [1.54, 1.807) is 5.01 Å². The Morgan fingerprint density at radius 2 is 2.08 bits per heavy atom. The molecule has 2 rings (SSSR count). The van der Waals surface area contributed by atoms with Crippen LogP contribution in [0.1, 0.15) is 16.8 Å². The number of nitrogens with two attached hydrogens (primary N) is 1. The lowest BCUT2D eigenvalue weighted by Gasteiger charge is -2.25. The van der Waals surface area contributed by atoms with Gasteiger partial charge in [0.25, 0.3) is 0 Å². The van der Waals surface area contributed by atoms with Crippen LogP contribution in [0.4, 0.5) is 5.69 Å². The van der Waals surface area contributed by atoms with Gasteiger partial charge in [-0.3, -0.25) is 4.79 Å². The molecule has 2 N–H and O–H groups in total. The number of Topliss-reactive ketones (excluding diaryl/α,β-unsaturated/α-hetero) is 1. The van der Waals surface area contributed by atoms with Gasteiger partial charge in [-0.2, -0.15) is 0 Å². The molecule has 0 saturated carbocycles. The summed E-state index contributed by atoms with van der Waals surface area (Å²) in [5.74, 6) is 5.88. The van der Waals surface area contributed by atoms with Crippen LogP contribution in [0, 0.1) is 0 Å². The van der Waals surface area contributed by atoms with Gasteiger partial charge >= 0.3 is 0 Å². The van der Waals surface area contributed by atoms with Gasteiger partial charge in [-0.15, -0.1) is 0 Å². The van der Waals surface area contributed by atoms with Crippen molar-refractivity contribution in [2.24, 2.45) is 5.84 Å². The van der Waals surface area contributed by atoms with Gasteiger partial charge in [0.2, 0.25) is 0 Å². The molecule has 62 valence electrons. The van der Waals surface area contributed by atoms with Crippen LogP contribution in [-0.2, 0) is 0 Å². The second-order valence-electron chi connectivity index (χ2n) is 2.88. The quantitative estimate of drug-likeness (QED) is 0.578. The number of hydrogen-bond donors (Lipinski definition) is 1. The first-order chi connectivity index (χ1) is 5.79. The van der Waals surface area contributed by atoms with Gasteiger partial charge < -0.3 is 5.01 Å². The predicted molar refractivity (Wildman–Crippen MR) is 46.9 cm³/mol. The third kappa shape index (κ3) is 0.987. The fraction of sp³-hybridized carbons (Fsp3) is 0.222. The second-order valence-corrected chi connectivity index (χ2v) is 2.88. The Labute approximate surface area is 70.8 Å². The fourth-order valence-corrected chi connectivity index (χ4v) is 1.44. The number of carbonyl (C=O) groups is 1. The van der Waals surface area contributed by atoms with Crippen molar-refractivity contribution in [3.63, 3.8) is 0 Å². The van der Waals surface area contributed by atoms with Crippen molar-refractivity contribution in [1.82, 2.24) is 0 Å². The molecule has 0 aliphatic carbocycles. The van der Waals surface area contributed by atoms with Crippen molar-refractivity contribution in [3.05, 3.63) is 29.8 Å². The molecule has 0 atom stereocenters. The van der Waals surface area contributed by atoms with Crippen LogP contribution in [0.2, 0.25) is 0 Å². The fourth-order valence-electron chi connectivity index (χ4n) is 1.44. The zero-order chi connectivity index (χ0) is 8.55. The molecule has 0 aromatic heterocycles. The van der Waals surface area contributed by atoms with Gasteiger partial charge in [0.15, 0.2) is 5.78 Å². The van der Waals surface area contributed by atoms with Gasteiger partial charge in [0.1, 0.15) is 0 Å². The van der Waals surface area contributed by atoms with Gasteiger partial charge in [0.05, 0.1) is 5.69 Å². The molecule has 1 aliphatic heterocycles. The summed E-state index contributed by atoms with van der Waals surface area (Å²) in [4.78, 5) is 11.3. The van der Waals surface area contributed by atoms with Crippen LogP contribution in [0.5, 0.6) is 0 Å². The van der Waals surface area contributed by atoms with E-state index in [1.807, 2.05) is 24.3 Å². The lowest BCUT2D eigenvalue weighted by Crippen LogP contribution is -2.37. The van der Waals surface area contributed by atoms with Crippen LogP contribution >= 0.6 is 0 Å². The third-order valence-corrected chi connectivity index (χ3v) is 2.09. The van der Waals surface area contributed by atoms with E-state index in [0.717, 1.165) is 11.3 Å². The lowest BCUT2D eigenvalue weighted by atomic mass is 10.0. The van der Waals surface area contributed by atoms with Crippen molar-refractivity contribution in [3.8, 4) is 0 Å².